The van der Waals surface area contributed by atoms with Crippen LogP contribution < -0.4 is 16.0 Å². The Morgan fingerprint density at radius 2 is 1.39 bits per heavy atom. The average molecular weight is 588 g/mol. The van der Waals surface area contributed by atoms with Crippen molar-refractivity contribution in [1.82, 2.24) is 16.0 Å². The van der Waals surface area contributed by atoms with Gasteiger partial charge in [-0.15, -0.1) is 0 Å². The Morgan fingerprint density at radius 3 is 2.05 bits per heavy atom. The maximum absolute atomic E-state index is 12.8. The first-order chi connectivity index (χ1) is 19.8. The van der Waals surface area contributed by atoms with Gasteiger partial charge in [0.1, 0.15) is 31.3 Å². The van der Waals surface area contributed by atoms with E-state index in [9.17, 15) is 33.9 Å². The van der Waals surface area contributed by atoms with Crippen LogP contribution in [0, 0.1) is 5.92 Å². The second kappa shape index (κ2) is 23.7. The van der Waals surface area contributed by atoms with E-state index in [0.717, 1.165) is 25.7 Å². The molecule has 14 nitrogen and oxygen atoms in total. The molecule has 1 unspecified atom stereocenters. The highest BCUT2D eigenvalue weighted by Crippen LogP contribution is 2.17. The van der Waals surface area contributed by atoms with Crippen molar-refractivity contribution in [1.29, 1.82) is 0 Å². The van der Waals surface area contributed by atoms with Crippen molar-refractivity contribution in [2.75, 3.05) is 65.9 Å². The Balaban J connectivity index is 2.29. The van der Waals surface area contributed by atoms with Crippen LogP contribution in [0.1, 0.15) is 57.8 Å². The van der Waals surface area contributed by atoms with Crippen LogP contribution in [0.4, 0.5) is 0 Å². The Kier molecular flexibility index (Phi) is 20.9. The van der Waals surface area contributed by atoms with Gasteiger partial charge in [-0.2, -0.15) is 0 Å². The quantitative estimate of drug-likeness (QED) is 0.0939. The number of aliphatic carboxylic acids is 1. The zero-order chi connectivity index (χ0) is 30.1. The Bertz CT molecular complexity index is 809. The second-order valence-corrected chi connectivity index (χ2v) is 9.49. The number of nitrogens with one attached hydrogen (secondary N) is 3. The fourth-order valence-corrected chi connectivity index (χ4v) is 3.99. The Labute approximate surface area is 240 Å². The van der Waals surface area contributed by atoms with Gasteiger partial charge in [-0.3, -0.25) is 19.2 Å². The van der Waals surface area contributed by atoms with Crippen molar-refractivity contribution < 1.29 is 52.8 Å². The number of carboxylic acids is 1. The van der Waals surface area contributed by atoms with Crippen LogP contribution in [0.15, 0.2) is 0 Å². The standard InChI is InChI=1S/C27H45N3O11/c31-11-14-40-16-15-38-12-9-28-25(34)20-41-18-17-39-13-10-29-26(35)21-19-22(27(36)37)30-24(33)8-6-4-2-1-3-5-7-23(21)32/h11,21-22H,1-10,12-20H2,(H,28,34)(H,29,35)(H,30,33)(H,36,37)/t21?,22-/m0/s1. The largest absolute Gasteiger partial charge is 0.480 e. The third-order valence-electron chi connectivity index (χ3n) is 6.16. The average Bonchev–Trinajstić information content (AvgIpc) is 2.94. The molecule has 0 aromatic rings. The summed E-state index contributed by atoms with van der Waals surface area (Å²) in [6.45, 7) is 1.59. The monoisotopic (exact) mass is 587 g/mol. The lowest BCUT2D eigenvalue weighted by atomic mass is 9.90. The lowest BCUT2D eigenvalue weighted by Crippen LogP contribution is -2.46. The van der Waals surface area contributed by atoms with E-state index < -0.39 is 29.7 Å². The number of hydrogen-bond donors (Lipinski definition) is 4. The van der Waals surface area contributed by atoms with Gasteiger partial charge in [-0.1, -0.05) is 25.7 Å². The Hall–Kier alpha value is -2.94. The number of ether oxygens (including phenoxy) is 4. The Morgan fingerprint density at radius 1 is 0.805 bits per heavy atom. The number of rotatable bonds is 18. The molecule has 14 heteroatoms. The van der Waals surface area contributed by atoms with Crippen LogP contribution in [-0.2, 0) is 47.7 Å². The zero-order valence-corrected chi connectivity index (χ0v) is 23.7. The van der Waals surface area contributed by atoms with Gasteiger partial charge in [0.15, 0.2) is 0 Å². The smallest absolute Gasteiger partial charge is 0.326 e. The van der Waals surface area contributed by atoms with Crippen LogP contribution >= 0.6 is 0 Å². The minimum atomic E-state index is -1.34. The molecule has 234 valence electrons. The van der Waals surface area contributed by atoms with Gasteiger partial charge in [0, 0.05) is 25.9 Å². The predicted molar refractivity (Wildman–Crippen MR) is 145 cm³/mol. The van der Waals surface area contributed by atoms with E-state index in [-0.39, 0.29) is 70.5 Å². The molecule has 0 spiro atoms. The molecule has 2 atom stereocenters. The molecule has 0 aromatic heterocycles. The van der Waals surface area contributed by atoms with Crippen LogP contribution in [0.3, 0.4) is 0 Å². The van der Waals surface area contributed by atoms with E-state index in [1.54, 1.807) is 0 Å². The SMILES string of the molecule is O=CCOCCOCCNC(=O)COCCOCCNC(=O)C1C[C@@H](C(=O)O)NC(=O)CCCCCCCCC1=O. The summed E-state index contributed by atoms with van der Waals surface area (Å²) in [6, 6.07) is -1.34. The van der Waals surface area contributed by atoms with Gasteiger partial charge in [0.2, 0.25) is 17.7 Å². The fraction of sp³-hybridized carbons (Fsp3) is 0.778. The first-order valence-electron chi connectivity index (χ1n) is 14.2. The number of ketones is 1. The first-order valence-corrected chi connectivity index (χ1v) is 14.2. The molecule has 1 rings (SSSR count). The summed E-state index contributed by atoms with van der Waals surface area (Å²) in [5.41, 5.74) is 0. The third-order valence-corrected chi connectivity index (χ3v) is 6.16. The molecule has 0 aromatic carbocycles. The van der Waals surface area contributed by atoms with Gasteiger partial charge in [0.05, 0.1) is 45.6 Å². The number of carbonyl (C=O) groups is 6. The van der Waals surface area contributed by atoms with E-state index in [0.29, 0.717) is 45.5 Å². The van der Waals surface area contributed by atoms with Crippen LogP contribution in [-0.4, -0.2) is 113 Å². The summed E-state index contributed by atoms with van der Waals surface area (Å²) in [7, 11) is 0. The van der Waals surface area contributed by atoms with E-state index >= 15 is 0 Å². The van der Waals surface area contributed by atoms with Crippen molar-refractivity contribution in [3.05, 3.63) is 0 Å². The molecule has 0 saturated carbocycles. The first kappa shape index (κ1) is 36.1. The van der Waals surface area contributed by atoms with E-state index in [2.05, 4.69) is 16.0 Å². The molecule has 3 amide bonds. The fourth-order valence-electron chi connectivity index (χ4n) is 3.99. The molecule has 1 heterocycles. The van der Waals surface area contributed by atoms with Crippen molar-refractivity contribution >= 4 is 35.8 Å². The van der Waals surface area contributed by atoms with Gasteiger partial charge in [-0.05, 0) is 19.3 Å². The molecule has 4 N–H and O–H groups in total. The zero-order valence-electron chi connectivity index (χ0n) is 23.7. The van der Waals surface area contributed by atoms with Crippen molar-refractivity contribution in [2.24, 2.45) is 5.92 Å². The summed E-state index contributed by atoms with van der Waals surface area (Å²) in [5, 5.41) is 17.2. The van der Waals surface area contributed by atoms with E-state index in [1.165, 1.54) is 0 Å². The highest BCUT2D eigenvalue weighted by Gasteiger charge is 2.32. The van der Waals surface area contributed by atoms with Gasteiger partial charge in [0.25, 0.3) is 0 Å². The highest BCUT2D eigenvalue weighted by atomic mass is 16.5. The molecule has 41 heavy (non-hydrogen) atoms. The highest BCUT2D eigenvalue weighted by molar-refractivity contribution is 6.02. The molecule has 1 saturated heterocycles. The van der Waals surface area contributed by atoms with Gasteiger partial charge < -0.3 is 44.8 Å². The molecule has 1 aliphatic rings. The molecule has 1 fully saturated rings. The van der Waals surface area contributed by atoms with Crippen molar-refractivity contribution in [3.8, 4) is 0 Å². The third kappa shape index (κ3) is 18.9. The summed E-state index contributed by atoms with van der Waals surface area (Å²) < 4.78 is 20.8. The van der Waals surface area contributed by atoms with Crippen LogP contribution in [0.25, 0.3) is 0 Å². The lowest BCUT2D eigenvalue weighted by molar-refractivity contribution is -0.143. The molecular weight excluding hydrogens is 542 g/mol. The van der Waals surface area contributed by atoms with Crippen molar-refractivity contribution in [3.63, 3.8) is 0 Å². The molecule has 0 radical (unpaired) electrons. The van der Waals surface area contributed by atoms with Crippen LogP contribution in [0.2, 0.25) is 0 Å². The topological polar surface area (TPSA) is 196 Å². The van der Waals surface area contributed by atoms with E-state index in [4.69, 9.17) is 18.9 Å². The normalized spacial score (nSPS) is 19.0. The summed E-state index contributed by atoms with van der Waals surface area (Å²) in [6.07, 6.45) is 5.57. The number of carbonyl (C=O) groups excluding carboxylic acids is 5. The van der Waals surface area contributed by atoms with E-state index in [1.807, 2.05) is 0 Å². The van der Waals surface area contributed by atoms with Crippen molar-refractivity contribution in [2.45, 2.75) is 63.8 Å². The molecule has 1 aliphatic heterocycles. The van der Waals surface area contributed by atoms with Gasteiger partial charge >= 0.3 is 5.97 Å². The number of aldehydes is 1. The molecule has 0 aliphatic carbocycles. The number of amides is 3. The summed E-state index contributed by atoms with van der Waals surface area (Å²) >= 11 is 0. The number of carboxylic acid groups (broad SMARTS) is 1. The number of hydrogen-bond acceptors (Lipinski definition) is 10. The lowest BCUT2D eigenvalue weighted by Gasteiger charge is -2.21. The maximum atomic E-state index is 12.8. The molecule has 0 bridgehead atoms. The second-order valence-electron chi connectivity index (χ2n) is 9.49. The number of Topliss-reactive ketones (excluding diaryl/α,β-unsaturated/α-hetero) is 1. The predicted octanol–water partition coefficient (Wildman–Crippen LogP) is -0.237. The molecular formula is C27H45N3O11. The maximum Gasteiger partial charge on any atom is 0.326 e. The van der Waals surface area contributed by atoms with Gasteiger partial charge in [-0.25, -0.2) is 4.79 Å². The van der Waals surface area contributed by atoms with Crippen LogP contribution in [0.5, 0.6) is 0 Å². The summed E-state index contributed by atoms with van der Waals surface area (Å²) in [4.78, 5) is 71.3. The minimum absolute atomic E-state index is 0.0220. The summed E-state index contributed by atoms with van der Waals surface area (Å²) in [5.74, 6) is -4.15. The minimum Gasteiger partial charge on any atom is -0.480 e.